The maximum absolute atomic E-state index is 5.19. The van der Waals surface area contributed by atoms with Gasteiger partial charge in [-0.1, -0.05) is 140 Å². The maximum atomic E-state index is 5.19. The molecule has 1 aliphatic heterocycles. The summed E-state index contributed by atoms with van der Waals surface area (Å²) in [6, 6.07) is 53.4. The SMILES string of the molecule is c1ccc(C2=NCN(c3cccc(-c4cccc5c4sc4ccccc45)c3-c3ccccc3)C(c3ccccc3)=N2)cc1. The molecule has 0 unspecified atom stereocenters. The average molecular weight is 570 g/mol. The van der Waals surface area contributed by atoms with Crippen LogP contribution in [0.5, 0.6) is 0 Å². The Morgan fingerprint density at radius 2 is 1.12 bits per heavy atom. The number of aliphatic imine (C=N–C) groups is 2. The van der Waals surface area contributed by atoms with E-state index >= 15 is 0 Å². The highest BCUT2D eigenvalue weighted by atomic mass is 32.1. The lowest BCUT2D eigenvalue weighted by atomic mass is 9.91. The second kappa shape index (κ2) is 10.8. The largest absolute Gasteiger partial charge is 0.305 e. The van der Waals surface area contributed by atoms with Gasteiger partial charge in [-0.2, -0.15) is 0 Å². The molecule has 2 heterocycles. The molecule has 0 fully saturated rings. The molecule has 0 saturated heterocycles. The molecule has 0 amide bonds. The van der Waals surface area contributed by atoms with E-state index in [1.165, 1.54) is 36.9 Å². The highest BCUT2D eigenvalue weighted by Gasteiger charge is 2.26. The summed E-state index contributed by atoms with van der Waals surface area (Å²) < 4.78 is 2.61. The van der Waals surface area contributed by atoms with Gasteiger partial charge in [-0.15, -0.1) is 11.3 Å². The topological polar surface area (TPSA) is 28.0 Å². The summed E-state index contributed by atoms with van der Waals surface area (Å²) in [5, 5.41) is 2.60. The van der Waals surface area contributed by atoms with Gasteiger partial charge in [0, 0.05) is 42.4 Å². The summed E-state index contributed by atoms with van der Waals surface area (Å²) in [6.45, 7) is 0.467. The van der Waals surface area contributed by atoms with Crippen molar-refractivity contribution in [3.8, 4) is 22.3 Å². The Hall–Kier alpha value is -5.32. The minimum Gasteiger partial charge on any atom is -0.305 e. The molecule has 7 aromatic rings. The number of anilines is 1. The minimum atomic E-state index is 0.467. The zero-order valence-electron chi connectivity index (χ0n) is 23.4. The molecule has 4 heteroatoms. The average Bonchev–Trinajstić information content (AvgIpc) is 3.48. The van der Waals surface area contributed by atoms with Gasteiger partial charge in [0.25, 0.3) is 0 Å². The maximum Gasteiger partial charge on any atom is 0.158 e. The van der Waals surface area contributed by atoms with Gasteiger partial charge in [-0.3, -0.25) is 0 Å². The van der Waals surface area contributed by atoms with Gasteiger partial charge in [0.1, 0.15) is 12.5 Å². The molecule has 8 rings (SSSR count). The summed E-state index contributed by atoms with van der Waals surface area (Å²) in [5.74, 6) is 1.65. The fraction of sp³-hybridized carbons (Fsp3) is 0.0256. The van der Waals surface area contributed by atoms with Crippen molar-refractivity contribution in [3.63, 3.8) is 0 Å². The number of amidine groups is 2. The second-order valence-corrected chi connectivity index (χ2v) is 11.6. The first-order valence-electron chi connectivity index (χ1n) is 14.5. The van der Waals surface area contributed by atoms with Crippen LogP contribution in [0.15, 0.2) is 162 Å². The molecular weight excluding hydrogens is 543 g/mol. The zero-order valence-corrected chi connectivity index (χ0v) is 24.2. The third-order valence-electron chi connectivity index (χ3n) is 7.98. The highest BCUT2D eigenvalue weighted by molar-refractivity contribution is 7.26. The van der Waals surface area contributed by atoms with Gasteiger partial charge in [-0.05, 0) is 23.3 Å². The molecule has 0 radical (unpaired) electrons. The summed E-state index contributed by atoms with van der Waals surface area (Å²) in [5.41, 5.74) is 7.94. The van der Waals surface area contributed by atoms with E-state index in [4.69, 9.17) is 9.98 Å². The van der Waals surface area contributed by atoms with Crippen LogP contribution >= 0.6 is 11.3 Å². The molecule has 6 aromatic carbocycles. The zero-order chi connectivity index (χ0) is 28.6. The van der Waals surface area contributed by atoms with E-state index in [1.807, 2.05) is 35.6 Å². The molecule has 0 bridgehead atoms. The van der Waals surface area contributed by atoms with Gasteiger partial charge < -0.3 is 4.90 Å². The van der Waals surface area contributed by atoms with Crippen molar-refractivity contribution in [2.45, 2.75) is 0 Å². The van der Waals surface area contributed by atoms with Crippen molar-refractivity contribution in [2.24, 2.45) is 9.98 Å². The van der Waals surface area contributed by atoms with Crippen molar-refractivity contribution in [1.82, 2.24) is 0 Å². The van der Waals surface area contributed by atoms with Crippen molar-refractivity contribution in [3.05, 3.63) is 163 Å². The van der Waals surface area contributed by atoms with Crippen LogP contribution in [-0.2, 0) is 0 Å². The number of benzene rings is 6. The molecule has 0 saturated carbocycles. The quantitative estimate of drug-likeness (QED) is 0.203. The monoisotopic (exact) mass is 569 g/mol. The van der Waals surface area contributed by atoms with Gasteiger partial charge in [0.15, 0.2) is 5.84 Å². The number of hydrogen-bond donors (Lipinski definition) is 0. The van der Waals surface area contributed by atoms with Gasteiger partial charge in [0.2, 0.25) is 0 Å². The normalized spacial score (nSPS) is 13.3. The summed E-state index contributed by atoms with van der Waals surface area (Å²) >= 11 is 1.86. The van der Waals surface area contributed by atoms with Gasteiger partial charge in [-0.25, -0.2) is 9.98 Å². The third-order valence-corrected chi connectivity index (χ3v) is 9.20. The lowest BCUT2D eigenvalue weighted by molar-refractivity contribution is 0.986. The standard InChI is InChI=1S/C39H27N3S/c1-4-14-27(15-5-1)36-31(33-23-12-22-32-30-20-10-11-25-35(30)43-37(32)33)21-13-24-34(36)42-26-40-38(28-16-6-2-7-17-28)41-39(42)29-18-8-3-9-19-29/h1-25H,26H2. The van der Waals surface area contributed by atoms with Crippen LogP contribution in [0.3, 0.4) is 0 Å². The van der Waals surface area contributed by atoms with Crippen LogP contribution in [-0.4, -0.2) is 18.3 Å². The first kappa shape index (κ1) is 25.4. The van der Waals surface area contributed by atoms with E-state index in [0.717, 1.165) is 34.0 Å². The molecule has 43 heavy (non-hydrogen) atoms. The van der Waals surface area contributed by atoms with Crippen LogP contribution in [0, 0.1) is 0 Å². The number of hydrogen-bond acceptors (Lipinski definition) is 4. The lowest BCUT2D eigenvalue weighted by Gasteiger charge is -2.31. The van der Waals surface area contributed by atoms with Crippen LogP contribution in [0.2, 0.25) is 0 Å². The van der Waals surface area contributed by atoms with E-state index in [-0.39, 0.29) is 0 Å². The number of nitrogens with zero attached hydrogens (tertiary/aromatic N) is 3. The van der Waals surface area contributed by atoms with Crippen LogP contribution in [0.25, 0.3) is 42.4 Å². The molecular formula is C39H27N3S. The lowest BCUT2D eigenvalue weighted by Crippen LogP contribution is -2.36. The third kappa shape index (κ3) is 4.53. The molecule has 0 aliphatic carbocycles. The Bertz CT molecular complexity index is 2150. The Balaban J connectivity index is 1.36. The Labute approximate surface area is 254 Å². The van der Waals surface area contributed by atoms with Crippen molar-refractivity contribution in [1.29, 1.82) is 0 Å². The van der Waals surface area contributed by atoms with Crippen LogP contribution in [0.1, 0.15) is 11.1 Å². The Morgan fingerprint density at radius 3 is 1.88 bits per heavy atom. The minimum absolute atomic E-state index is 0.467. The first-order chi connectivity index (χ1) is 21.3. The Kier molecular flexibility index (Phi) is 6.39. The summed E-state index contributed by atoms with van der Waals surface area (Å²) in [4.78, 5) is 12.5. The van der Waals surface area contributed by atoms with E-state index in [1.54, 1.807) is 0 Å². The van der Waals surface area contributed by atoms with E-state index in [9.17, 15) is 0 Å². The number of thiophene rings is 1. The van der Waals surface area contributed by atoms with E-state index in [0.29, 0.717) is 6.67 Å². The summed E-state index contributed by atoms with van der Waals surface area (Å²) in [7, 11) is 0. The summed E-state index contributed by atoms with van der Waals surface area (Å²) in [6.07, 6.45) is 0. The van der Waals surface area contributed by atoms with Crippen molar-refractivity contribution < 1.29 is 0 Å². The van der Waals surface area contributed by atoms with E-state index < -0.39 is 0 Å². The molecule has 204 valence electrons. The molecule has 0 atom stereocenters. The molecule has 0 N–H and O–H groups in total. The fourth-order valence-corrected chi connectivity index (χ4v) is 7.23. The predicted molar refractivity (Wildman–Crippen MR) is 184 cm³/mol. The molecule has 1 aromatic heterocycles. The molecule has 3 nitrogen and oxygen atoms in total. The van der Waals surface area contributed by atoms with Crippen LogP contribution < -0.4 is 4.90 Å². The smallest absolute Gasteiger partial charge is 0.158 e. The predicted octanol–water partition coefficient (Wildman–Crippen LogP) is 10.1. The van der Waals surface area contributed by atoms with E-state index in [2.05, 4.69) is 132 Å². The molecule has 0 spiro atoms. The first-order valence-corrected chi connectivity index (χ1v) is 15.3. The van der Waals surface area contributed by atoms with Gasteiger partial charge in [0.05, 0.1) is 5.69 Å². The fourth-order valence-electron chi connectivity index (χ4n) is 6.00. The number of fused-ring (bicyclic) bond motifs is 3. The highest BCUT2D eigenvalue weighted by Crippen LogP contribution is 2.46. The molecule has 1 aliphatic rings. The Morgan fingerprint density at radius 1 is 0.512 bits per heavy atom. The van der Waals surface area contributed by atoms with Gasteiger partial charge >= 0.3 is 0 Å². The number of rotatable bonds is 5. The van der Waals surface area contributed by atoms with Crippen LogP contribution in [0.4, 0.5) is 5.69 Å². The van der Waals surface area contributed by atoms with Crippen molar-refractivity contribution in [2.75, 3.05) is 11.6 Å². The second-order valence-electron chi connectivity index (χ2n) is 10.6. The van der Waals surface area contributed by atoms with Crippen molar-refractivity contribution >= 4 is 48.9 Å².